The molecule has 1 saturated heterocycles. The molecule has 1 aliphatic carbocycles. The molecule has 2 fully saturated rings. The van der Waals surface area contributed by atoms with Crippen molar-refractivity contribution < 1.29 is 14.6 Å². The lowest BCUT2D eigenvalue weighted by Crippen LogP contribution is -2.48. The highest BCUT2D eigenvalue weighted by Crippen LogP contribution is 2.26. The number of carbonyl (C=O) groups is 1. The summed E-state index contributed by atoms with van der Waals surface area (Å²) in [6.07, 6.45) is 3.10. The number of nitrogens with zero attached hydrogens (tertiary/aromatic N) is 1. The Morgan fingerprint density at radius 1 is 1.50 bits per heavy atom. The summed E-state index contributed by atoms with van der Waals surface area (Å²) >= 11 is 0. The summed E-state index contributed by atoms with van der Waals surface area (Å²) in [5.41, 5.74) is 0. The predicted octanol–water partition coefficient (Wildman–Crippen LogP) is 0.330. The van der Waals surface area contributed by atoms with E-state index in [1.54, 1.807) is 4.90 Å². The molecule has 2 rings (SSSR count). The van der Waals surface area contributed by atoms with Crippen molar-refractivity contribution in [2.24, 2.45) is 0 Å². The second-order valence-corrected chi connectivity index (χ2v) is 4.57. The lowest BCUT2D eigenvalue weighted by molar-refractivity contribution is 0.111. The predicted molar refractivity (Wildman–Crippen MR) is 59.2 cm³/mol. The Hall–Kier alpha value is -0.810. The second-order valence-electron chi connectivity index (χ2n) is 4.57. The van der Waals surface area contributed by atoms with Gasteiger partial charge in [-0.15, -0.1) is 0 Å². The molecular formula is C11H20N2O3. The van der Waals surface area contributed by atoms with Crippen LogP contribution < -0.4 is 5.32 Å². The quantitative estimate of drug-likeness (QED) is 0.729. The van der Waals surface area contributed by atoms with Crippen LogP contribution in [0.2, 0.25) is 0 Å². The fourth-order valence-electron chi connectivity index (χ4n) is 2.11. The normalized spacial score (nSPS) is 29.1. The Labute approximate surface area is 95.8 Å². The molecule has 1 saturated carbocycles. The van der Waals surface area contributed by atoms with Crippen LogP contribution in [0.25, 0.3) is 0 Å². The SMILES string of the molecule is CC1OCCC1NC(=O)N(CCO)C1CC1. The monoisotopic (exact) mass is 228 g/mol. The fraction of sp³-hybridized carbons (Fsp3) is 0.909. The third kappa shape index (κ3) is 2.65. The van der Waals surface area contributed by atoms with Crippen LogP contribution in [0.4, 0.5) is 4.79 Å². The topological polar surface area (TPSA) is 61.8 Å². The van der Waals surface area contributed by atoms with E-state index in [9.17, 15) is 4.79 Å². The zero-order valence-corrected chi connectivity index (χ0v) is 9.69. The van der Waals surface area contributed by atoms with Gasteiger partial charge >= 0.3 is 6.03 Å². The van der Waals surface area contributed by atoms with E-state index in [1.807, 2.05) is 6.92 Å². The van der Waals surface area contributed by atoms with E-state index in [0.29, 0.717) is 12.6 Å². The van der Waals surface area contributed by atoms with Gasteiger partial charge < -0.3 is 20.1 Å². The second kappa shape index (κ2) is 5.01. The van der Waals surface area contributed by atoms with Gasteiger partial charge in [-0.1, -0.05) is 0 Å². The molecule has 2 atom stereocenters. The van der Waals surface area contributed by atoms with E-state index in [1.165, 1.54) is 0 Å². The highest BCUT2D eigenvalue weighted by Gasteiger charge is 2.34. The van der Waals surface area contributed by atoms with Crippen LogP contribution in [0, 0.1) is 0 Å². The van der Waals surface area contributed by atoms with E-state index in [4.69, 9.17) is 9.84 Å². The lowest BCUT2D eigenvalue weighted by Gasteiger charge is -2.25. The molecule has 2 unspecified atom stereocenters. The zero-order valence-electron chi connectivity index (χ0n) is 9.69. The van der Waals surface area contributed by atoms with E-state index in [2.05, 4.69) is 5.32 Å². The van der Waals surface area contributed by atoms with Gasteiger partial charge in [0.2, 0.25) is 0 Å². The maximum atomic E-state index is 12.0. The van der Waals surface area contributed by atoms with Crippen molar-refractivity contribution in [1.82, 2.24) is 10.2 Å². The van der Waals surface area contributed by atoms with Crippen molar-refractivity contribution in [3.8, 4) is 0 Å². The van der Waals surface area contributed by atoms with Crippen molar-refractivity contribution in [3.05, 3.63) is 0 Å². The highest BCUT2D eigenvalue weighted by atomic mass is 16.5. The molecule has 5 heteroatoms. The molecule has 2 aliphatic rings. The average Bonchev–Trinajstić information content (AvgIpc) is 3.01. The van der Waals surface area contributed by atoms with Crippen LogP contribution in [-0.4, -0.2) is 54.0 Å². The molecule has 1 aliphatic heterocycles. The number of aliphatic hydroxyl groups excluding tert-OH is 1. The number of hydrogen-bond donors (Lipinski definition) is 2. The van der Waals surface area contributed by atoms with Crippen molar-refractivity contribution in [2.45, 2.75) is 44.4 Å². The van der Waals surface area contributed by atoms with Crippen molar-refractivity contribution in [2.75, 3.05) is 19.8 Å². The molecule has 2 N–H and O–H groups in total. The molecule has 92 valence electrons. The summed E-state index contributed by atoms with van der Waals surface area (Å²) in [6.45, 7) is 3.15. The number of rotatable bonds is 4. The van der Waals surface area contributed by atoms with Crippen LogP contribution in [-0.2, 0) is 4.74 Å². The number of carbonyl (C=O) groups excluding carboxylic acids is 1. The maximum absolute atomic E-state index is 12.0. The van der Waals surface area contributed by atoms with Gasteiger partial charge in [0.25, 0.3) is 0 Å². The highest BCUT2D eigenvalue weighted by molar-refractivity contribution is 5.75. The van der Waals surface area contributed by atoms with Crippen LogP contribution in [0.5, 0.6) is 0 Å². The molecule has 2 amide bonds. The van der Waals surface area contributed by atoms with Gasteiger partial charge in [0.15, 0.2) is 0 Å². The summed E-state index contributed by atoms with van der Waals surface area (Å²) in [6, 6.07) is 0.399. The van der Waals surface area contributed by atoms with Crippen LogP contribution >= 0.6 is 0 Å². The van der Waals surface area contributed by atoms with Crippen LogP contribution in [0.15, 0.2) is 0 Å². The zero-order chi connectivity index (χ0) is 11.5. The van der Waals surface area contributed by atoms with Gasteiger partial charge in [-0.2, -0.15) is 0 Å². The first-order chi connectivity index (χ1) is 7.72. The maximum Gasteiger partial charge on any atom is 0.318 e. The van der Waals surface area contributed by atoms with Crippen LogP contribution in [0.1, 0.15) is 26.2 Å². The van der Waals surface area contributed by atoms with Gasteiger partial charge in [-0.05, 0) is 26.2 Å². The van der Waals surface area contributed by atoms with Crippen LogP contribution in [0.3, 0.4) is 0 Å². The standard InChI is InChI=1S/C11H20N2O3/c1-8-10(4-7-16-8)12-11(15)13(5-6-14)9-2-3-9/h8-10,14H,2-7H2,1H3,(H,12,15). The van der Waals surface area contributed by atoms with Gasteiger partial charge in [0.05, 0.1) is 18.8 Å². The molecule has 0 bridgehead atoms. The van der Waals surface area contributed by atoms with E-state index < -0.39 is 0 Å². The first kappa shape index (κ1) is 11.7. The van der Waals surface area contributed by atoms with E-state index in [-0.39, 0.29) is 24.8 Å². The molecule has 16 heavy (non-hydrogen) atoms. The molecule has 0 aromatic rings. The van der Waals surface area contributed by atoms with Crippen molar-refractivity contribution >= 4 is 6.03 Å². The minimum absolute atomic E-state index is 0.0284. The van der Waals surface area contributed by atoms with Crippen molar-refractivity contribution in [1.29, 1.82) is 0 Å². The number of ether oxygens (including phenoxy) is 1. The van der Waals surface area contributed by atoms with Crippen molar-refractivity contribution in [3.63, 3.8) is 0 Å². The minimum atomic E-state index is -0.0566. The number of aliphatic hydroxyl groups is 1. The summed E-state index contributed by atoms with van der Waals surface area (Å²) in [5.74, 6) is 0. The minimum Gasteiger partial charge on any atom is -0.395 e. The molecular weight excluding hydrogens is 208 g/mol. The molecule has 0 spiro atoms. The van der Waals surface area contributed by atoms with E-state index >= 15 is 0 Å². The summed E-state index contributed by atoms with van der Waals surface area (Å²) < 4.78 is 5.40. The Morgan fingerprint density at radius 3 is 2.75 bits per heavy atom. The molecule has 0 aromatic carbocycles. The number of hydrogen-bond acceptors (Lipinski definition) is 3. The smallest absolute Gasteiger partial charge is 0.318 e. The number of urea groups is 1. The van der Waals surface area contributed by atoms with Gasteiger partial charge in [-0.3, -0.25) is 0 Å². The van der Waals surface area contributed by atoms with Gasteiger partial charge in [0, 0.05) is 19.2 Å². The Bertz CT molecular complexity index is 256. The Kier molecular flexibility index (Phi) is 3.66. The molecule has 0 radical (unpaired) electrons. The summed E-state index contributed by atoms with van der Waals surface area (Å²) in [4.78, 5) is 13.7. The first-order valence-corrected chi connectivity index (χ1v) is 6.02. The third-order valence-electron chi connectivity index (χ3n) is 3.27. The third-order valence-corrected chi connectivity index (χ3v) is 3.27. The number of nitrogens with one attached hydrogen (secondary N) is 1. The molecule has 1 heterocycles. The summed E-state index contributed by atoms with van der Waals surface area (Å²) in [5, 5.41) is 11.9. The Balaban J connectivity index is 1.84. The van der Waals surface area contributed by atoms with Gasteiger partial charge in [0.1, 0.15) is 0 Å². The largest absolute Gasteiger partial charge is 0.395 e. The average molecular weight is 228 g/mol. The molecule has 5 nitrogen and oxygen atoms in total. The Morgan fingerprint density at radius 2 is 2.25 bits per heavy atom. The fourth-order valence-corrected chi connectivity index (χ4v) is 2.11. The van der Waals surface area contributed by atoms with E-state index in [0.717, 1.165) is 25.9 Å². The number of amides is 2. The molecule has 0 aromatic heterocycles. The summed E-state index contributed by atoms with van der Waals surface area (Å²) in [7, 11) is 0. The first-order valence-electron chi connectivity index (χ1n) is 6.02. The lowest BCUT2D eigenvalue weighted by atomic mass is 10.2. The van der Waals surface area contributed by atoms with Gasteiger partial charge in [-0.25, -0.2) is 4.79 Å².